The number of halogens is 1. The molecule has 0 aromatic heterocycles. The Morgan fingerprint density at radius 2 is 2.14 bits per heavy atom. The normalized spacial score (nSPS) is 12.9. The van der Waals surface area contributed by atoms with Gasteiger partial charge in [-0.1, -0.05) is 6.92 Å². The summed E-state index contributed by atoms with van der Waals surface area (Å²) in [4.78, 5) is 19.4. The van der Waals surface area contributed by atoms with Crippen LogP contribution in [0.3, 0.4) is 0 Å². The van der Waals surface area contributed by atoms with Gasteiger partial charge in [0.25, 0.3) is 5.69 Å². The van der Waals surface area contributed by atoms with Crippen LogP contribution in [0.25, 0.3) is 0 Å². The molecule has 0 saturated carbocycles. The lowest BCUT2D eigenvalue weighted by atomic mass is 10.2. The van der Waals surface area contributed by atoms with Gasteiger partial charge in [-0.05, 0) is 12.5 Å². The summed E-state index contributed by atoms with van der Waals surface area (Å²) in [5.41, 5.74) is -0.580. The van der Waals surface area contributed by atoms with Gasteiger partial charge in [0.1, 0.15) is 10.7 Å². The third kappa shape index (κ3) is 4.46. The zero-order valence-corrected chi connectivity index (χ0v) is 11.8. The summed E-state index contributed by atoms with van der Waals surface area (Å²) in [6, 6.07) is 1.22. The number of carboxylic acid groups (broad SMARTS) is 1. The van der Waals surface area contributed by atoms with E-state index in [1.165, 1.54) is 0 Å². The van der Waals surface area contributed by atoms with Crippen LogP contribution in [0.15, 0.2) is 23.1 Å². The second-order valence-electron chi connectivity index (χ2n) is 4.20. The minimum absolute atomic E-state index is 0.195. The molecule has 1 rings (SSSR count). The van der Waals surface area contributed by atoms with Crippen LogP contribution in [-0.2, 0) is 14.8 Å². The number of nitro groups is 1. The van der Waals surface area contributed by atoms with Crippen LogP contribution >= 0.6 is 0 Å². The van der Waals surface area contributed by atoms with Crippen molar-refractivity contribution in [3.63, 3.8) is 0 Å². The average molecular weight is 320 g/mol. The van der Waals surface area contributed by atoms with Gasteiger partial charge in [0, 0.05) is 12.1 Å². The molecule has 0 saturated heterocycles. The Labute approximate surface area is 119 Å². The molecule has 0 spiro atoms. The van der Waals surface area contributed by atoms with E-state index in [4.69, 9.17) is 5.11 Å². The van der Waals surface area contributed by atoms with E-state index >= 15 is 0 Å². The Bertz CT molecular complexity index is 661. The largest absolute Gasteiger partial charge is 0.481 e. The van der Waals surface area contributed by atoms with Gasteiger partial charge in [0.05, 0.1) is 17.4 Å². The van der Waals surface area contributed by atoms with E-state index in [9.17, 15) is 27.7 Å². The molecule has 116 valence electrons. The number of benzene rings is 1. The van der Waals surface area contributed by atoms with Crippen LogP contribution in [0, 0.1) is 15.9 Å². The van der Waals surface area contributed by atoms with Gasteiger partial charge in [-0.15, -0.1) is 0 Å². The minimum Gasteiger partial charge on any atom is -0.481 e. The van der Waals surface area contributed by atoms with E-state index in [0.29, 0.717) is 6.07 Å². The van der Waals surface area contributed by atoms with Crippen LogP contribution in [0.5, 0.6) is 0 Å². The molecule has 1 aromatic rings. The van der Waals surface area contributed by atoms with Crippen molar-refractivity contribution in [2.75, 3.05) is 0 Å². The summed E-state index contributed by atoms with van der Waals surface area (Å²) in [7, 11) is -4.30. The van der Waals surface area contributed by atoms with E-state index in [1.54, 1.807) is 6.92 Å². The molecule has 0 heterocycles. The fourth-order valence-electron chi connectivity index (χ4n) is 1.58. The number of hydrogen-bond acceptors (Lipinski definition) is 5. The lowest BCUT2D eigenvalue weighted by molar-refractivity contribution is -0.385. The Kier molecular flexibility index (Phi) is 5.33. The van der Waals surface area contributed by atoms with Crippen molar-refractivity contribution in [2.45, 2.75) is 30.7 Å². The van der Waals surface area contributed by atoms with Gasteiger partial charge in [-0.25, -0.2) is 17.5 Å². The molecule has 0 aliphatic carbocycles. The standard InChI is InChI=1S/C11H13FN2O6S/c1-2-7(5-11(15)16)13-21(19,20)10-4-3-8(14(17)18)6-9(10)12/h3-4,6-7,13H,2,5H2,1H3,(H,15,16). The third-order valence-electron chi connectivity index (χ3n) is 2.65. The quantitative estimate of drug-likeness (QED) is 0.575. The van der Waals surface area contributed by atoms with Crippen LogP contribution < -0.4 is 4.72 Å². The summed E-state index contributed by atoms with van der Waals surface area (Å²) in [5.74, 6) is -2.48. The molecule has 0 radical (unpaired) electrons. The highest BCUT2D eigenvalue weighted by atomic mass is 32.2. The first-order chi connectivity index (χ1) is 9.67. The van der Waals surface area contributed by atoms with E-state index in [2.05, 4.69) is 4.72 Å². The molecule has 1 unspecified atom stereocenters. The number of aliphatic carboxylic acids is 1. The van der Waals surface area contributed by atoms with Crippen LogP contribution in [0.2, 0.25) is 0 Å². The minimum atomic E-state index is -4.30. The summed E-state index contributed by atoms with van der Waals surface area (Å²) in [6.45, 7) is 1.57. The molecule has 0 aliphatic rings. The van der Waals surface area contributed by atoms with Crippen LogP contribution in [-0.4, -0.2) is 30.5 Å². The zero-order chi connectivity index (χ0) is 16.2. The fraction of sp³-hybridized carbons (Fsp3) is 0.364. The molecule has 0 fully saturated rings. The molecular weight excluding hydrogens is 307 g/mol. The van der Waals surface area contributed by atoms with Gasteiger partial charge in [-0.3, -0.25) is 14.9 Å². The number of carbonyl (C=O) groups is 1. The lowest BCUT2D eigenvalue weighted by Crippen LogP contribution is -2.36. The van der Waals surface area contributed by atoms with Gasteiger partial charge < -0.3 is 5.11 Å². The number of nitro benzene ring substituents is 1. The van der Waals surface area contributed by atoms with Crippen molar-refractivity contribution in [1.82, 2.24) is 4.72 Å². The SMILES string of the molecule is CCC(CC(=O)O)NS(=O)(=O)c1ccc([N+](=O)[O-])cc1F. The summed E-state index contributed by atoms with van der Waals surface area (Å²) in [5, 5.41) is 19.1. The first-order valence-corrected chi connectivity index (χ1v) is 7.33. The molecule has 2 N–H and O–H groups in total. The summed E-state index contributed by atoms with van der Waals surface area (Å²) >= 11 is 0. The maximum atomic E-state index is 13.7. The molecule has 0 aliphatic heterocycles. The van der Waals surface area contributed by atoms with E-state index < -0.39 is 49.8 Å². The summed E-state index contributed by atoms with van der Waals surface area (Å²) in [6.07, 6.45) is -0.259. The van der Waals surface area contributed by atoms with Gasteiger partial charge in [0.15, 0.2) is 0 Å². The molecule has 10 heteroatoms. The Balaban J connectivity index is 3.07. The molecule has 21 heavy (non-hydrogen) atoms. The number of nitrogens with one attached hydrogen (secondary N) is 1. The first-order valence-electron chi connectivity index (χ1n) is 5.85. The number of non-ortho nitro benzene ring substituents is 1. The zero-order valence-electron chi connectivity index (χ0n) is 10.9. The fourth-order valence-corrected chi connectivity index (χ4v) is 2.96. The Morgan fingerprint density at radius 1 is 1.52 bits per heavy atom. The third-order valence-corrected chi connectivity index (χ3v) is 4.21. The number of sulfonamides is 1. The van der Waals surface area contributed by atoms with Crippen molar-refractivity contribution in [1.29, 1.82) is 0 Å². The number of nitrogens with zero attached hydrogens (tertiary/aromatic N) is 1. The molecule has 1 atom stereocenters. The first kappa shape index (κ1) is 17.0. The van der Waals surface area contributed by atoms with Gasteiger partial charge >= 0.3 is 5.97 Å². The van der Waals surface area contributed by atoms with Crippen molar-refractivity contribution < 1.29 is 27.6 Å². The second-order valence-corrected chi connectivity index (χ2v) is 5.88. The van der Waals surface area contributed by atoms with Crippen molar-refractivity contribution >= 4 is 21.7 Å². The van der Waals surface area contributed by atoms with Gasteiger partial charge in [-0.2, -0.15) is 0 Å². The number of hydrogen-bond donors (Lipinski definition) is 2. The van der Waals surface area contributed by atoms with E-state index in [1.807, 2.05) is 0 Å². The molecule has 0 amide bonds. The van der Waals surface area contributed by atoms with Crippen molar-refractivity contribution in [2.24, 2.45) is 0 Å². The predicted octanol–water partition coefficient (Wildman–Crippen LogP) is 1.27. The highest BCUT2D eigenvalue weighted by Crippen LogP contribution is 2.21. The lowest BCUT2D eigenvalue weighted by Gasteiger charge is -2.15. The Hall–Kier alpha value is -2.07. The van der Waals surface area contributed by atoms with E-state index in [-0.39, 0.29) is 6.42 Å². The molecule has 1 aromatic carbocycles. The molecular formula is C11H13FN2O6S. The molecule has 8 nitrogen and oxygen atoms in total. The monoisotopic (exact) mass is 320 g/mol. The average Bonchev–Trinajstić information content (AvgIpc) is 2.36. The molecule has 0 bridgehead atoms. The Morgan fingerprint density at radius 3 is 2.57 bits per heavy atom. The number of rotatable bonds is 7. The predicted molar refractivity (Wildman–Crippen MR) is 69.7 cm³/mol. The number of carboxylic acids is 1. The highest BCUT2D eigenvalue weighted by molar-refractivity contribution is 7.89. The van der Waals surface area contributed by atoms with Crippen LogP contribution in [0.1, 0.15) is 19.8 Å². The van der Waals surface area contributed by atoms with Crippen molar-refractivity contribution in [3.05, 3.63) is 34.1 Å². The topological polar surface area (TPSA) is 127 Å². The van der Waals surface area contributed by atoms with Crippen LogP contribution in [0.4, 0.5) is 10.1 Å². The maximum absolute atomic E-state index is 13.7. The van der Waals surface area contributed by atoms with Gasteiger partial charge in [0.2, 0.25) is 10.0 Å². The second kappa shape index (κ2) is 6.59. The summed E-state index contributed by atoms with van der Waals surface area (Å²) < 4.78 is 39.7. The highest BCUT2D eigenvalue weighted by Gasteiger charge is 2.25. The van der Waals surface area contributed by atoms with E-state index in [0.717, 1.165) is 12.1 Å². The van der Waals surface area contributed by atoms with Crippen molar-refractivity contribution in [3.8, 4) is 0 Å². The maximum Gasteiger partial charge on any atom is 0.304 e. The smallest absolute Gasteiger partial charge is 0.304 e.